The molecule has 6 nitrogen and oxygen atoms in total. The molecule has 27 heavy (non-hydrogen) atoms. The molecule has 1 aliphatic rings. The van der Waals surface area contributed by atoms with Gasteiger partial charge in [0.05, 0.1) is 11.7 Å². The molecule has 1 aromatic heterocycles. The maximum atomic E-state index is 12.3. The Labute approximate surface area is 160 Å². The Bertz CT molecular complexity index is 1050. The highest BCUT2D eigenvalue weighted by Crippen LogP contribution is 2.30. The first-order chi connectivity index (χ1) is 13.1. The topological polar surface area (TPSA) is 72.8 Å². The molecule has 4 rings (SSSR count). The highest BCUT2D eigenvalue weighted by Gasteiger charge is 2.27. The van der Waals surface area contributed by atoms with Gasteiger partial charge in [-0.15, -0.1) is 0 Å². The van der Waals surface area contributed by atoms with Crippen LogP contribution in [0.1, 0.15) is 11.1 Å². The summed E-state index contributed by atoms with van der Waals surface area (Å²) in [5.41, 5.74) is 4.99. The lowest BCUT2D eigenvalue weighted by molar-refractivity contribution is -0.130. The first-order valence-corrected chi connectivity index (χ1v) is 8.76. The average molecular weight is 382 g/mol. The highest BCUT2D eigenvalue weighted by atomic mass is 35.5. The zero-order valence-corrected chi connectivity index (χ0v) is 15.2. The quantitative estimate of drug-likeness (QED) is 0.428. The van der Waals surface area contributed by atoms with E-state index in [9.17, 15) is 4.79 Å². The third kappa shape index (κ3) is 3.71. The van der Waals surface area contributed by atoms with Crippen molar-refractivity contribution in [2.45, 2.75) is 13.0 Å². The average Bonchev–Trinajstić information content (AvgIpc) is 2.68. The van der Waals surface area contributed by atoms with Gasteiger partial charge in [-0.1, -0.05) is 35.9 Å². The molecule has 3 aromatic rings. The van der Waals surface area contributed by atoms with Crippen LogP contribution in [0.2, 0.25) is 5.15 Å². The summed E-state index contributed by atoms with van der Waals surface area (Å²) in [6, 6.07) is 15.0. The van der Waals surface area contributed by atoms with E-state index in [-0.39, 0.29) is 6.61 Å². The van der Waals surface area contributed by atoms with Gasteiger partial charge in [0.2, 0.25) is 6.10 Å². The fourth-order valence-electron chi connectivity index (χ4n) is 2.75. The van der Waals surface area contributed by atoms with E-state index in [1.165, 1.54) is 6.21 Å². The fourth-order valence-corrected chi connectivity index (χ4v) is 2.94. The molecular weight excluding hydrogens is 366 g/mol. The number of pyridine rings is 1. The molecule has 0 unspecified atom stereocenters. The predicted molar refractivity (Wildman–Crippen MR) is 104 cm³/mol. The van der Waals surface area contributed by atoms with Crippen molar-refractivity contribution in [2.24, 2.45) is 5.10 Å². The van der Waals surface area contributed by atoms with Crippen molar-refractivity contribution in [3.05, 3.63) is 64.8 Å². The number of aromatic nitrogens is 1. The molecule has 7 heteroatoms. The Morgan fingerprint density at radius 2 is 2.07 bits per heavy atom. The Kier molecular flexibility index (Phi) is 4.64. The van der Waals surface area contributed by atoms with E-state index in [4.69, 9.17) is 21.1 Å². The number of rotatable bonds is 3. The Hall–Kier alpha value is -3.12. The third-order valence-corrected chi connectivity index (χ3v) is 4.44. The number of ether oxygens (including phenoxy) is 2. The van der Waals surface area contributed by atoms with Gasteiger partial charge in [-0.2, -0.15) is 5.10 Å². The predicted octanol–water partition coefficient (Wildman–Crippen LogP) is 3.49. The molecule has 1 aliphatic heterocycles. The summed E-state index contributed by atoms with van der Waals surface area (Å²) in [6.45, 7) is 2.12. The molecule has 136 valence electrons. The molecular formula is C20H16ClN3O3. The van der Waals surface area contributed by atoms with E-state index in [1.54, 1.807) is 12.1 Å². The van der Waals surface area contributed by atoms with Crippen LogP contribution < -0.4 is 14.9 Å². The molecule has 2 aromatic carbocycles. The Morgan fingerprint density at radius 1 is 1.26 bits per heavy atom. The normalized spacial score (nSPS) is 15.9. The number of nitrogens with one attached hydrogen (secondary N) is 1. The van der Waals surface area contributed by atoms with Crippen LogP contribution in [-0.2, 0) is 4.79 Å². The number of nitrogens with zero attached hydrogens (tertiary/aromatic N) is 2. The van der Waals surface area contributed by atoms with Gasteiger partial charge in [-0.25, -0.2) is 10.4 Å². The lowest BCUT2D eigenvalue weighted by Gasteiger charge is -2.24. The second-order valence-corrected chi connectivity index (χ2v) is 6.52. The second-order valence-electron chi connectivity index (χ2n) is 6.16. The summed E-state index contributed by atoms with van der Waals surface area (Å²) in [4.78, 5) is 16.6. The number of carbonyl (C=O) groups is 1. The summed E-state index contributed by atoms with van der Waals surface area (Å²) in [5, 5.41) is 5.23. The smallest absolute Gasteiger partial charge is 0.284 e. The van der Waals surface area contributed by atoms with Crippen LogP contribution in [0.4, 0.5) is 0 Å². The molecule has 0 spiro atoms. The number of fused-ring (bicyclic) bond motifs is 2. The minimum Gasteiger partial charge on any atom is -0.485 e. The number of aryl methyl sites for hydroxylation is 1. The third-order valence-electron chi connectivity index (χ3n) is 4.13. The number of carbonyl (C=O) groups excluding carboxylic acids is 1. The first-order valence-electron chi connectivity index (χ1n) is 8.38. The van der Waals surface area contributed by atoms with Gasteiger partial charge in [0.1, 0.15) is 11.8 Å². The van der Waals surface area contributed by atoms with Crippen molar-refractivity contribution in [1.82, 2.24) is 10.4 Å². The van der Waals surface area contributed by atoms with E-state index < -0.39 is 12.0 Å². The molecule has 2 heterocycles. The number of hydrogen-bond acceptors (Lipinski definition) is 5. The zero-order valence-electron chi connectivity index (χ0n) is 14.5. The molecule has 0 saturated carbocycles. The molecule has 1 atom stereocenters. The summed E-state index contributed by atoms with van der Waals surface area (Å²) >= 11 is 6.22. The van der Waals surface area contributed by atoms with E-state index in [0.717, 1.165) is 16.5 Å². The van der Waals surface area contributed by atoms with Gasteiger partial charge >= 0.3 is 0 Å². The van der Waals surface area contributed by atoms with E-state index in [0.29, 0.717) is 22.2 Å². The van der Waals surface area contributed by atoms with Crippen molar-refractivity contribution in [3.63, 3.8) is 0 Å². The molecule has 0 saturated heterocycles. The van der Waals surface area contributed by atoms with Crippen molar-refractivity contribution >= 4 is 34.6 Å². The summed E-state index contributed by atoms with van der Waals surface area (Å²) < 4.78 is 11.2. The Morgan fingerprint density at radius 3 is 2.93 bits per heavy atom. The summed E-state index contributed by atoms with van der Waals surface area (Å²) in [5.74, 6) is 0.750. The number of hydrogen-bond donors (Lipinski definition) is 1. The lowest BCUT2D eigenvalue weighted by Crippen LogP contribution is -2.42. The summed E-state index contributed by atoms with van der Waals surface area (Å²) in [6.07, 6.45) is 0.690. The molecule has 1 N–H and O–H groups in total. The molecule has 0 radical (unpaired) electrons. The van der Waals surface area contributed by atoms with Crippen LogP contribution in [0, 0.1) is 6.92 Å². The minimum atomic E-state index is -0.773. The van der Waals surface area contributed by atoms with Crippen molar-refractivity contribution in [3.8, 4) is 11.5 Å². The second kappa shape index (κ2) is 7.25. The van der Waals surface area contributed by atoms with Crippen LogP contribution in [0.5, 0.6) is 11.5 Å². The number of halogens is 1. The van der Waals surface area contributed by atoms with Gasteiger partial charge in [0.25, 0.3) is 5.91 Å². The van der Waals surface area contributed by atoms with Gasteiger partial charge in [0.15, 0.2) is 11.5 Å². The van der Waals surface area contributed by atoms with Crippen molar-refractivity contribution in [2.75, 3.05) is 6.61 Å². The number of hydrazone groups is 1. The van der Waals surface area contributed by atoms with Crippen LogP contribution in [0.15, 0.2) is 53.6 Å². The van der Waals surface area contributed by atoms with Crippen LogP contribution >= 0.6 is 11.6 Å². The van der Waals surface area contributed by atoms with E-state index in [1.807, 2.05) is 43.3 Å². The van der Waals surface area contributed by atoms with Gasteiger partial charge in [-0.3, -0.25) is 4.79 Å². The number of para-hydroxylation sites is 2. The van der Waals surface area contributed by atoms with Crippen LogP contribution in [0.3, 0.4) is 0 Å². The zero-order chi connectivity index (χ0) is 18.8. The monoisotopic (exact) mass is 381 g/mol. The Balaban J connectivity index is 1.45. The molecule has 0 fully saturated rings. The summed E-state index contributed by atoms with van der Waals surface area (Å²) in [7, 11) is 0. The minimum absolute atomic E-state index is 0.121. The molecule has 0 bridgehead atoms. The van der Waals surface area contributed by atoms with E-state index in [2.05, 4.69) is 15.5 Å². The van der Waals surface area contributed by atoms with Crippen molar-refractivity contribution < 1.29 is 14.3 Å². The standard InChI is InChI=1S/C20H16ClN3O3/c1-12-6-7-13-9-14(19(21)23-15(13)8-12)10-22-24-20(25)18-11-26-16-4-2-3-5-17(16)27-18/h2-10,18H,11H2,1H3,(H,24,25)/b22-10-/t18-/m0/s1. The molecule has 0 aliphatic carbocycles. The maximum Gasteiger partial charge on any atom is 0.284 e. The maximum absolute atomic E-state index is 12.3. The molecule has 1 amide bonds. The number of amides is 1. The SMILES string of the molecule is Cc1ccc2cc(/C=N\NC(=O)[C@@H]3COc4ccccc4O3)c(Cl)nc2c1. The lowest BCUT2D eigenvalue weighted by atomic mass is 10.1. The van der Waals surface area contributed by atoms with Crippen LogP contribution in [0.25, 0.3) is 10.9 Å². The first kappa shape index (κ1) is 17.3. The fraction of sp³-hybridized carbons (Fsp3) is 0.150. The van der Waals surface area contributed by atoms with Gasteiger partial charge in [-0.05, 0) is 36.8 Å². The van der Waals surface area contributed by atoms with Gasteiger partial charge in [0, 0.05) is 10.9 Å². The number of benzene rings is 2. The van der Waals surface area contributed by atoms with E-state index >= 15 is 0 Å². The van der Waals surface area contributed by atoms with Crippen LogP contribution in [-0.4, -0.2) is 29.8 Å². The van der Waals surface area contributed by atoms with Gasteiger partial charge < -0.3 is 9.47 Å². The highest BCUT2D eigenvalue weighted by molar-refractivity contribution is 6.32. The van der Waals surface area contributed by atoms with Crippen molar-refractivity contribution in [1.29, 1.82) is 0 Å². The largest absolute Gasteiger partial charge is 0.485 e.